The molecule has 1 atom stereocenters. The summed E-state index contributed by atoms with van der Waals surface area (Å²) >= 11 is 1.59. The zero-order valence-electron chi connectivity index (χ0n) is 14.8. The quantitative estimate of drug-likeness (QED) is 0.554. The Kier molecular flexibility index (Phi) is 3.68. The first-order valence-corrected chi connectivity index (χ1v) is 9.66. The van der Waals surface area contributed by atoms with Gasteiger partial charge in [0.05, 0.1) is 30.4 Å². The van der Waals surface area contributed by atoms with E-state index in [4.69, 9.17) is 0 Å². The van der Waals surface area contributed by atoms with Crippen LogP contribution in [0, 0.1) is 6.92 Å². The number of thiazole rings is 1. The smallest absolute Gasteiger partial charge is 0.141 e. The lowest BCUT2D eigenvalue weighted by atomic mass is 9.97. The van der Waals surface area contributed by atoms with Crippen LogP contribution in [0.4, 0.5) is 0 Å². The molecule has 7 nitrogen and oxygen atoms in total. The number of rotatable bonds is 5. The highest BCUT2D eigenvalue weighted by molar-refractivity contribution is 7.17. The van der Waals surface area contributed by atoms with Crippen LogP contribution in [0.5, 0.6) is 0 Å². The third-order valence-corrected chi connectivity index (χ3v) is 6.46. The molecule has 0 saturated heterocycles. The van der Waals surface area contributed by atoms with E-state index in [0.29, 0.717) is 5.69 Å². The van der Waals surface area contributed by atoms with Crippen LogP contribution in [0.25, 0.3) is 10.5 Å². The molecule has 0 amide bonds. The predicted octanol–water partition coefficient (Wildman–Crippen LogP) is 2.39. The van der Waals surface area contributed by atoms with Gasteiger partial charge in [-0.25, -0.2) is 9.67 Å². The van der Waals surface area contributed by atoms with Crippen LogP contribution in [0.2, 0.25) is 0 Å². The second-order valence-electron chi connectivity index (χ2n) is 7.12. The monoisotopic (exact) mass is 381 g/mol. The van der Waals surface area contributed by atoms with Gasteiger partial charge in [0.25, 0.3) is 0 Å². The molecule has 1 aliphatic carbocycles. The highest BCUT2D eigenvalue weighted by Crippen LogP contribution is 2.47. The van der Waals surface area contributed by atoms with E-state index in [1.54, 1.807) is 34.7 Å². The second-order valence-corrected chi connectivity index (χ2v) is 8.36. The summed E-state index contributed by atoms with van der Waals surface area (Å²) in [5.41, 5.74) is 3.24. The van der Waals surface area contributed by atoms with Gasteiger partial charge in [-0.3, -0.25) is 4.40 Å². The molecule has 8 heteroatoms. The van der Waals surface area contributed by atoms with E-state index in [-0.39, 0.29) is 12.0 Å². The van der Waals surface area contributed by atoms with Crippen LogP contribution in [0.3, 0.4) is 0 Å². The lowest BCUT2D eigenvalue weighted by Gasteiger charge is -2.12. The molecule has 1 saturated carbocycles. The summed E-state index contributed by atoms with van der Waals surface area (Å²) in [6.07, 6.45) is 6.43. The summed E-state index contributed by atoms with van der Waals surface area (Å²) in [5, 5.41) is 28.8. The number of imidazole rings is 1. The molecule has 0 bridgehead atoms. The van der Waals surface area contributed by atoms with Crippen molar-refractivity contribution in [3.8, 4) is 5.69 Å². The minimum absolute atomic E-state index is 0.0467. The maximum absolute atomic E-state index is 10.8. The minimum Gasteiger partial charge on any atom is -0.395 e. The standard InChI is InChI=1S/C19H19N5O2S/c1-12-17(23-11-20-8-16(23)27-12)18(26)15-9-24(22-21-15)14-4-2-13(3-5-14)19(10-25)6-7-19/h2-5,8-9,11,18,25-26H,6-7,10H2,1H3. The third kappa shape index (κ3) is 2.60. The Morgan fingerprint density at radius 3 is 2.74 bits per heavy atom. The Bertz CT molecular complexity index is 1110. The molecule has 1 aliphatic rings. The molecule has 2 N–H and O–H groups in total. The Balaban J connectivity index is 1.44. The highest BCUT2D eigenvalue weighted by Gasteiger charge is 2.43. The largest absolute Gasteiger partial charge is 0.395 e. The number of aryl methyl sites for hydroxylation is 1. The fourth-order valence-electron chi connectivity index (χ4n) is 3.57. The van der Waals surface area contributed by atoms with Gasteiger partial charge in [0.15, 0.2) is 0 Å². The van der Waals surface area contributed by atoms with Gasteiger partial charge < -0.3 is 10.2 Å². The summed E-state index contributed by atoms with van der Waals surface area (Å²) in [4.78, 5) is 6.15. The highest BCUT2D eigenvalue weighted by atomic mass is 32.1. The summed E-state index contributed by atoms with van der Waals surface area (Å²) in [6, 6.07) is 8.02. The van der Waals surface area contributed by atoms with Gasteiger partial charge in [-0.05, 0) is 37.5 Å². The second kappa shape index (κ2) is 5.98. The van der Waals surface area contributed by atoms with Crippen LogP contribution in [-0.2, 0) is 5.41 Å². The van der Waals surface area contributed by atoms with Crippen LogP contribution in [0.1, 0.15) is 40.8 Å². The van der Waals surface area contributed by atoms with E-state index in [9.17, 15) is 10.2 Å². The maximum Gasteiger partial charge on any atom is 0.141 e. The SMILES string of the molecule is Cc1sc2cncn2c1C(O)c1cn(-c2ccc(C3(CO)CC3)cc2)nn1. The number of aliphatic hydroxyl groups excluding tert-OH is 2. The number of fused-ring (bicyclic) bond motifs is 1. The number of aromatic nitrogens is 5. The lowest BCUT2D eigenvalue weighted by molar-refractivity contribution is 0.208. The normalized spacial score (nSPS) is 16.7. The molecular weight excluding hydrogens is 362 g/mol. The van der Waals surface area contributed by atoms with Crippen LogP contribution in [0.15, 0.2) is 43.0 Å². The van der Waals surface area contributed by atoms with Crippen molar-refractivity contribution in [2.75, 3.05) is 6.61 Å². The van der Waals surface area contributed by atoms with Crippen molar-refractivity contribution < 1.29 is 10.2 Å². The average molecular weight is 381 g/mol. The van der Waals surface area contributed by atoms with Crippen molar-refractivity contribution in [2.45, 2.75) is 31.3 Å². The van der Waals surface area contributed by atoms with Gasteiger partial charge in [0, 0.05) is 10.3 Å². The molecule has 4 aromatic rings. The van der Waals surface area contributed by atoms with Gasteiger partial charge in [0.2, 0.25) is 0 Å². The van der Waals surface area contributed by atoms with E-state index in [1.807, 2.05) is 35.6 Å². The Morgan fingerprint density at radius 1 is 1.26 bits per heavy atom. The van der Waals surface area contributed by atoms with E-state index in [0.717, 1.165) is 39.5 Å². The molecule has 3 aromatic heterocycles. The first-order valence-electron chi connectivity index (χ1n) is 8.85. The van der Waals surface area contributed by atoms with Gasteiger partial charge in [-0.2, -0.15) is 0 Å². The first-order chi connectivity index (χ1) is 13.1. The Hall–Kier alpha value is -2.55. The molecule has 0 radical (unpaired) electrons. The average Bonchev–Trinajstić information content (AvgIpc) is 3.00. The minimum atomic E-state index is -0.870. The van der Waals surface area contributed by atoms with Crippen LogP contribution >= 0.6 is 11.3 Å². The number of benzene rings is 1. The topological polar surface area (TPSA) is 88.5 Å². The fourth-order valence-corrected chi connectivity index (χ4v) is 4.55. The molecule has 1 unspecified atom stereocenters. The lowest BCUT2D eigenvalue weighted by Crippen LogP contribution is -2.11. The molecule has 0 spiro atoms. The number of hydrogen-bond acceptors (Lipinski definition) is 6. The summed E-state index contributed by atoms with van der Waals surface area (Å²) < 4.78 is 3.55. The number of nitrogens with zero attached hydrogens (tertiary/aromatic N) is 5. The van der Waals surface area contributed by atoms with E-state index in [2.05, 4.69) is 15.3 Å². The third-order valence-electron chi connectivity index (χ3n) is 5.43. The van der Waals surface area contributed by atoms with E-state index >= 15 is 0 Å². The van der Waals surface area contributed by atoms with Gasteiger partial charge in [-0.15, -0.1) is 16.4 Å². The predicted molar refractivity (Wildman–Crippen MR) is 101 cm³/mol. The fraction of sp³-hybridized carbons (Fsp3) is 0.316. The molecular formula is C19H19N5O2S. The molecule has 5 rings (SSSR count). The van der Waals surface area contributed by atoms with E-state index < -0.39 is 6.10 Å². The zero-order valence-corrected chi connectivity index (χ0v) is 15.6. The summed E-state index contributed by atoms with van der Waals surface area (Å²) in [7, 11) is 0. The maximum atomic E-state index is 10.8. The molecule has 138 valence electrons. The molecule has 1 fully saturated rings. The molecule has 27 heavy (non-hydrogen) atoms. The summed E-state index contributed by atoms with van der Waals surface area (Å²) in [6.45, 7) is 2.17. The van der Waals surface area contributed by atoms with Gasteiger partial charge in [-0.1, -0.05) is 17.3 Å². The van der Waals surface area contributed by atoms with Crippen molar-refractivity contribution in [3.63, 3.8) is 0 Å². The van der Waals surface area contributed by atoms with Crippen LogP contribution < -0.4 is 0 Å². The Morgan fingerprint density at radius 2 is 2.04 bits per heavy atom. The van der Waals surface area contributed by atoms with E-state index in [1.165, 1.54) is 0 Å². The summed E-state index contributed by atoms with van der Waals surface area (Å²) in [5.74, 6) is 0. The van der Waals surface area contributed by atoms with Crippen molar-refractivity contribution in [1.82, 2.24) is 24.4 Å². The first kappa shape index (κ1) is 16.6. The number of aliphatic hydroxyl groups is 2. The molecule has 3 heterocycles. The zero-order chi connectivity index (χ0) is 18.6. The Labute approximate surface area is 159 Å². The number of hydrogen-bond donors (Lipinski definition) is 2. The molecule has 1 aromatic carbocycles. The van der Waals surface area contributed by atoms with Crippen molar-refractivity contribution in [1.29, 1.82) is 0 Å². The molecule has 0 aliphatic heterocycles. The van der Waals surface area contributed by atoms with Crippen molar-refractivity contribution >= 4 is 16.2 Å². The van der Waals surface area contributed by atoms with Gasteiger partial charge in [0.1, 0.15) is 23.0 Å². The van der Waals surface area contributed by atoms with Gasteiger partial charge >= 0.3 is 0 Å². The van der Waals surface area contributed by atoms with Crippen LogP contribution in [-0.4, -0.2) is 41.2 Å². The van der Waals surface area contributed by atoms with Crippen molar-refractivity contribution in [3.05, 3.63) is 64.8 Å². The van der Waals surface area contributed by atoms with Crippen molar-refractivity contribution in [2.24, 2.45) is 0 Å².